The summed E-state index contributed by atoms with van der Waals surface area (Å²) < 4.78 is 16.8. The quantitative estimate of drug-likeness (QED) is 0.0261. The predicted octanol–water partition coefficient (Wildman–Crippen LogP) is 23.4. The summed E-state index contributed by atoms with van der Waals surface area (Å²) in [5.41, 5.74) is 0. The van der Waals surface area contributed by atoms with Crippen LogP contribution in [0.1, 0.15) is 323 Å². The summed E-state index contributed by atoms with van der Waals surface area (Å²) in [5, 5.41) is 0. The van der Waals surface area contributed by atoms with E-state index in [9.17, 15) is 14.4 Å². The molecule has 0 bridgehead atoms. The minimum atomic E-state index is -0.839. The number of hydrogen-bond acceptors (Lipinski definition) is 6. The molecule has 1 unspecified atom stereocenters. The van der Waals surface area contributed by atoms with Crippen molar-refractivity contribution in [3.8, 4) is 0 Å². The first-order valence-corrected chi connectivity index (χ1v) is 33.9. The smallest absolute Gasteiger partial charge is 0.310 e. The molecule has 0 rings (SSSR count). The summed E-state index contributed by atoms with van der Waals surface area (Å²) in [6.07, 6.45) is 93.0. The standard InChI is InChI=1S/C74H126O6/c1-4-7-10-13-16-19-22-25-28-29-30-31-32-33-34-35-36-37-38-39-40-41-42-43-44-45-47-49-52-55-58-61-64-67-73(76)79-70-71(69-78-72(75)66-63-60-57-54-51-48-27-24-21-18-15-12-9-6-3)80-74(77)68-65-62-59-56-53-50-46-26-23-20-17-14-11-8-5-2/h8,11,15,17-18,20,22,24-27,29-30,46,53,56,62,65,71H,4-7,9-10,12-14,16,19,21,23,28,31-45,47-52,54-55,57-61,63-64,66-70H2,1-3H3/b11-8-,18-15-,20-17-,25-22-,27-24-,30-29-,46-26-,56-53-,65-62-. The van der Waals surface area contributed by atoms with Crippen molar-refractivity contribution < 1.29 is 28.6 Å². The molecule has 458 valence electrons. The van der Waals surface area contributed by atoms with Gasteiger partial charge in [-0.3, -0.25) is 14.4 Å². The average Bonchev–Trinajstić information content (AvgIpc) is 3.46. The second-order valence-corrected chi connectivity index (χ2v) is 22.4. The van der Waals surface area contributed by atoms with Gasteiger partial charge in [-0.15, -0.1) is 0 Å². The summed E-state index contributed by atoms with van der Waals surface area (Å²) in [4.78, 5) is 38.2. The number of carbonyl (C=O) groups is 3. The van der Waals surface area contributed by atoms with E-state index in [2.05, 4.69) is 118 Å². The molecular formula is C74H126O6. The molecule has 0 N–H and O–H groups in total. The largest absolute Gasteiger partial charge is 0.462 e. The number of allylic oxidation sites excluding steroid dienone is 17. The molecule has 0 radical (unpaired) electrons. The zero-order valence-electron chi connectivity index (χ0n) is 52.6. The molecule has 0 fully saturated rings. The molecule has 0 aliphatic rings. The van der Waals surface area contributed by atoms with Gasteiger partial charge in [-0.2, -0.15) is 0 Å². The van der Waals surface area contributed by atoms with Crippen molar-refractivity contribution in [1.29, 1.82) is 0 Å². The summed E-state index contributed by atoms with van der Waals surface area (Å²) >= 11 is 0. The van der Waals surface area contributed by atoms with Crippen molar-refractivity contribution in [2.24, 2.45) is 0 Å². The summed E-state index contributed by atoms with van der Waals surface area (Å²) in [7, 11) is 0. The van der Waals surface area contributed by atoms with E-state index in [1.807, 2.05) is 6.08 Å². The number of rotatable bonds is 61. The lowest BCUT2D eigenvalue weighted by atomic mass is 10.0. The van der Waals surface area contributed by atoms with Crippen LogP contribution >= 0.6 is 0 Å². The van der Waals surface area contributed by atoms with E-state index in [1.54, 1.807) is 6.08 Å². The molecule has 6 heteroatoms. The van der Waals surface area contributed by atoms with Crippen LogP contribution in [0.2, 0.25) is 0 Å². The van der Waals surface area contributed by atoms with Gasteiger partial charge in [0.25, 0.3) is 0 Å². The normalized spacial score (nSPS) is 12.8. The molecule has 0 amide bonds. The number of ether oxygens (including phenoxy) is 3. The maximum Gasteiger partial charge on any atom is 0.310 e. The minimum Gasteiger partial charge on any atom is -0.462 e. The zero-order valence-corrected chi connectivity index (χ0v) is 52.6. The third-order valence-electron chi connectivity index (χ3n) is 14.5. The van der Waals surface area contributed by atoms with Crippen molar-refractivity contribution in [2.75, 3.05) is 13.2 Å². The van der Waals surface area contributed by atoms with Crippen LogP contribution in [0.15, 0.2) is 109 Å². The Kier molecular flexibility index (Phi) is 64.3. The average molecular weight is 1110 g/mol. The fourth-order valence-electron chi connectivity index (χ4n) is 9.45. The Morgan fingerprint density at radius 2 is 0.537 bits per heavy atom. The van der Waals surface area contributed by atoms with Gasteiger partial charge in [-0.25, -0.2) is 0 Å². The maximum atomic E-state index is 12.8. The van der Waals surface area contributed by atoms with Gasteiger partial charge >= 0.3 is 17.9 Å². The lowest BCUT2D eigenvalue weighted by molar-refractivity contribution is -0.166. The van der Waals surface area contributed by atoms with Crippen molar-refractivity contribution in [2.45, 2.75) is 329 Å². The topological polar surface area (TPSA) is 78.9 Å². The highest BCUT2D eigenvalue weighted by molar-refractivity contribution is 5.72. The highest BCUT2D eigenvalue weighted by atomic mass is 16.6. The van der Waals surface area contributed by atoms with Gasteiger partial charge in [0.1, 0.15) is 13.2 Å². The van der Waals surface area contributed by atoms with Gasteiger partial charge in [-0.05, 0) is 103 Å². The van der Waals surface area contributed by atoms with E-state index in [0.717, 1.165) is 103 Å². The Hall–Kier alpha value is -3.93. The van der Waals surface area contributed by atoms with Gasteiger partial charge in [0.2, 0.25) is 0 Å². The Balaban J connectivity index is 4.20. The number of hydrogen-bond donors (Lipinski definition) is 0. The lowest BCUT2D eigenvalue weighted by Gasteiger charge is -2.18. The number of unbranched alkanes of at least 4 members (excludes halogenated alkanes) is 33. The van der Waals surface area contributed by atoms with E-state index in [4.69, 9.17) is 14.2 Å². The number of esters is 3. The predicted molar refractivity (Wildman–Crippen MR) is 348 cm³/mol. The van der Waals surface area contributed by atoms with Gasteiger partial charge in [-0.1, -0.05) is 310 Å². The van der Waals surface area contributed by atoms with Crippen molar-refractivity contribution in [3.05, 3.63) is 109 Å². The summed E-state index contributed by atoms with van der Waals surface area (Å²) in [5.74, 6) is -1.06. The first-order valence-electron chi connectivity index (χ1n) is 33.9. The number of carbonyl (C=O) groups excluding carboxylic acids is 3. The lowest BCUT2D eigenvalue weighted by Crippen LogP contribution is -2.30. The zero-order chi connectivity index (χ0) is 57.8. The van der Waals surface area contributed by atoms with Crippen molar-refractivity contribution in [3.63, 3.8) is 0 Å². The maximum absolute atomic E-state index is 12.8. The van der Waals surface area contributed by atoms with Crippen LogP contribution in [-0.2, 0) is 28.6 Å². The molecule has 80 heavy (non-hydrogen) atoms. The first kappa shape index (κ1) is 76.1. The molecule has 0 heterocycles. The molecule has 0 aromatic rings. The Morgan fingerprint density at radius 3 is 0.863 bits per heavy atom. The molecule has 0 saturated heterocycles. The van der Waals surface area contributed by atoms with E-state index < -0.39 is 12.1 Å². The second kappa shape index (κ2) is 67.6. The van der Waals surface area contributed by atoms with Crippen LogP contribution < -0.4 is 0 Å². The molecule has 6 nitrogen and oxygen atoms in total. The molecule has 0 saturated carbocycles. The Bertz CT molecular complexity index is 1610. The van der Waals surface area contributed by atoms with Crippen molar-refractivity contribution >= 4 is 17.9 Å². The molecule has 0 aliphatic carbocycles. The van der Waals surface area contributed by atoms with Crippen LogP contribution in [0.5, 0.6) is 0 Å². The molecule has 0 aliphatic heterocycles. The van der Waals surface area contributed by atoms with Gasteiger partial charge in [0.15, 0.2) is 6.10 Å². The van der Waals surface area contributed by atoms with Crippen LogP contribution in [0.3, 0.4) is 0 Å². The molecule has 1 atom stereocenters. The molecule has 0 spiro atoms. The van der Waals surface area contributed by atoms with E-state index in [1.165, 1.54) is 180 Å². The van der Waals surface area contributed by atoms with Crippen molar-refractivity contribution in [1.82, 2.24) is 0 Å². The monoisotopic (exact) mass is 1110 g/mol. The highest BCUT2D eigenvalue weighted by Crippen LogP contribution is 2.17. The van der Waals surface area contributed by atoms with Crippen LogP contribution in [0.4, 0.5) is 0 Å². The van der Waals surface area contributed by atoms with Gasteiger partial charge in [0.05, 0.1) is 6.42 Å². The van der Waals surface area contributed by atoms with Crippen LogP contribution in [0.25, 0.3) is 0 Å². The van der Waals surface area contributed by atoms with E-state index in [0.29, 0.717) is 12.8 Å². The van der Waals surface area contributed by atoms with Gasteiger partial charge in [0, 0.05) is 12.8 Å². The SMILES string of the molecule is CC/C=C\C/C=C\C/C=C\C/C=C\C/C=C\CC(=O)OC(COC(=O)CCCCCCC/C=C\C/C=C\CCCC)COC(=O)CCCCCCCCCCCCCCCCCCCCCCC/C=C\C/C=C\CCCCCCC. The molecular weight excluding hydrogens is 985 g/mol. The van der Waals surface area contributed by atoms with E-state index >= 15 is 0 Å². The second-order valence-electron chi connectivity index (χ2n) is 22.4. The third kappa shape index (κ3) is 64.9. The molecule has 0 aromatic heterocycles. The van der Waals surface area contributed by atoms with Crippen LogP contribution in [0, 0.1) is 0 Å². The summed E-state index contributed by atoms with van der Waals surface area (Å²) in [6.45, 7) is 6.40. The fourth-order valence-corrected chi connectivity index (χ4v) is 9.45. The van der Waals surface area contributed by atoms with Crippen LogP contribution in [-0.4, -0.2) is 37.2 Å². The summed E-state index contributed by atoms with van der Waals surface area (Å²) in [6, 6.07) is 0. The fraction of sp³-hybridized carbons (Fsp3) is 0.716. The Labute approximate surface area is 495 Å². The highest BCUT2D eigenvalue weighted by Gasteiger charge is 2.19. The Morgan fingerprint density at radius 1 is 0.275 bits per heavy atom. The molecule has 0 aromatic carbocycles. The van der Waals surface area contributed by atoms with E-state index in [-0.39, 0.29) is 31.6 Å². The first-order chi connectivity index (χ1) is 39.5. The van der Waals surface area contributed by atoms with Gasteiger partial charge < -0.3 is 14.2 Å². The minimum absolute atomic E-state index is 0.0929. The third-order valence-corrected chi connectivity index (χ3v) is 14.5.